The average Bonchev–Trinajstić information content (AvgIpc) is 2.85. The molecule has 120 valence electrons. The van der Waals surface area contributed by atoms with Crippen LogP contribution in [0.2, 0.25) is 0 Å². The van der Waals surface area contributed by atoms with Gasteiger partial charge in [-0.1, -0.05) is 0 Å². The van der Waals surface area contributed by atoms with Crippen molar-refractivity contribution in [3.8, 4) is 0 Å². The summed E-state index contributed by atoms with van der Waals surface area (Å²) >= 11 is 0. The van der Waals surface area contributed by atoms with Crippen molar-refractivity contribution in [2.45, 2.75) is 70.5 Å². The average molecular weight is 301 g/mol. The molecular formula is C14H23NO6. The number of amides is 1. The van der Waals surface area contributed by atoms with E-state index in [1.807, 2.05) is 13.8 Å². The zero-order valence-corrected chi connectivity index (χ0v) is 13.0. The van der Waals surface area contributed by atoms with Crippen LogP contribution >= 0.6 is 0 Å². The van der Waals surface area contributed by atoms with Crippen LogP contribution in [0.4, 0.5) is 0 Å². The standard InChI is InChI=1S/C14H23NO6/c1-8(17)15-9(6-16)11-12(21-14(4,5)20-11)10-7-18-13(2,3)19-10/h6,9-12H,7H2,1-5H3,(H,15,17)/t9-,10+,11+,12+/m0/s1. The van der Waals surface area contributed by atoms with Gasteiger partial charge in [0.05, 0.1) is 6.61 Å². The van der Waals surface area contributed by atoms with Gasteiger partial charge in [-0.05, 0) is 27.7 Å². The zero-order chi connectivity index (χ0) is 15.8. The molecule has 0 aromatic heterocycles. The molecule has 2 rings (SSSR count). The summed E-state index contributed by atoms with van der Waals surface area (Å²) in [6.45, 7) is 8.85. The summed E-state index contributed by atoms with van der Waals surface area (Å²) in [7, 11) is 0. The normalized spacial score (nSPS) is 35.4. The van der Waals surface area contributed by atoms with Crippen molar-refractivity contribution < 1.29 is 28.5 Å². The van der Waals surface area contributed by atoms with Crippen LogP contribution in [0.1, 0.15) is 34.6 Å². The highest BCUT2D eigenvalue weighted by Gasteiger charge is 2.52. The molecule has 0 aromatic rings. The predicted molar refractivity (Wildman–Crippen MR) is 72.4 cm³/mol. The van der Waals surface area contributed by atoms with E-state index < -0.39 is 29.8 Å². The molecule has 7 nitrogen and oxygen atoms in total. The molecule has 0 saturated carbocycles. The first-order valence-corrected chi connectivity index (χ1v) is 7.03. The Morgan fingerprint density at radius 2 is 1.86 bits per heavy atom. The van der Waals surface area contributed by atoms with Gasteiger partial charge in [0, 0.05) is 6.92 Å². The van der Waals surface area contributed by atoms with E-state index in [0.717, 1.165) is 0 Å². The lowest BCUT2D eigenvalue weighted by atomic mass is 10.0. The van der Waals surface area contributed by atoms with E-state index in [2.05, 4.69) is 5.32 Å². The number of rotatable bonds is 4. The van der Waals surface area contributed by atoms with Crippen molar-refractivity contribution in [3.05, 3.63) is 0 Å². The minimum atomic E-state index is -0.856. The highest BCUT2D eigenvalue weighted by atomic mass is 16.8. The third-order valence-electron chi connectivity index (χ3n) is 3.43. The number of carbonyl (C=O) groups is 2. The van der Waals surface area contributed by atoms with Crippen LogP contribution in [0, 0.1) is 0 Å². The fourth-order valence-electron chi connectivity index (χ4n) is 2.69. The Morgan fingerprint density at radius 3 is 2.33 bits per heavy atom. The number of nitrogens with one attached hydrogen (secondary N) is 1. The van der Waals surface area contributed by atoms with E-state index in [1.165, 1.54) is 6.92 Å². The van der Waals surface area contributed by atoms with Crippen LogP contribution in [0.3, 0.4) is 0 Å². The molecule has 0 unspecified atom stereocenters. The van der Waals surface area contributed by atoms with Gasteiger partial charge < -0.3 is 29.1 Å². The van der Waals surface area contributed by atoms with E-state index in [4.69, 9.17) is 18.9 Å². The highest BCUT2D eigenvalue weighted by molar-refractivity contribution is 5.77. The van der Waals surface area contributed by atoms with E-state index in [0.29, 0.717) is 12.9 Å². The molecule has 2 aliphatic heterocycles. The molecule has 0 spiro atoms. The molecule has 2 fully saturated rings. The molecule has 0 radical (unpaired) electrons. The summed E-state index contributed by atoms with van der Waals surface area (Å²) in [5.41, 5.74) is 0. The molecule has 4 atom stereocenters. The second-order valence-electron chi connectivity index (χ2n) is 6.29. The van der Waals surface area contributed by atoms with E-state index in [9.17, 15) is 9.59 Å². The first-order valence-electron chi connectivity index (χ1n) is 7.03. The van der Waals surface area contributed by atoms with Gasteiger partial charge in [0.2, 0.25) is 5.91 Å². The largest absolute Gasteiger partial charge is 0.348 e. The van der Waals surface area contributed by atoms with Crippen molar-refractivity contribution in [2.75, 3.05) is 6.61 Å². The molecular weight excluding hydrogens is 278 g/mol. The lowest BCUT2D eigenvalue weighted by Gasteiger charge is -2.26. The molecule has 21 heavy (non-hydrogen) atoms. The zero-order valence-electron chi connectivity index (χ0n) is 13.0. The second-order valence-corrected chi connectivity index (χ2v) is 6.29. The van der Waals surface area contributed by atoms with Crippen molar-refractivity contribution in [2.24, 2.45) is 0 Å². The van der Waals surface area contributed by atoms with Crippen LogP contribution in [0.5, 0.6) is 0 Å². The number of ether oxygens (including phenoxy) is 4. The quantitative estimate of drug-likeness (QED) is 0.755. The Bertz CT molecular complexity index is 422. The molecule has 2 saturated heterocycles. The topological polar surface area (TPSA) is 83.1 Å². The van der Waals surface area contributed by atoms with Gasteiger partial charge in [0.1, 0.15) is 30.6 Å². The van der Waals surface area contributed by atoms with Gasteiger partial charge in [-0.25, -0.2) is 0 Å². The van der Waals surface area contributed by atoms with Gasteiger partial charge in [-0.3, -0.25) is 4.79 Å². The summed E-state index contributed by atoms with van der Waals surface area (Å²) in [4.78, 5) is 22.5. The predicted octanol–water partition coefficient (Wildman–Crippen LogP) is 0.362. The van der Waals surface area contributed by atoms with Crippen molar-refractivity contribution in [1.82, 2.24) is 5.32 Å². The molecule has 2 heterocycles. The summed E-state index contributed by atoms with van der Waals surface area (Å²) in [5, 5.41) is 2.58. The van der Waals surface area contributed by atoms with Gasteiger partial charge in [0.15, 0.2) is 11.6 Å². The Morgan fingerprint density at radius 1 is 1.19 bits per heavy atom. The number of aldehydes is 1. The SMILES string of the molecule is CC(=O)N[C@@H](C=O)[C@H]1OC(C)(C)O[C@@H]1[C@H]1COC(C)(C)O1. The third-order valence-corrected chi connectivity index (χ3v) is 3.43. The van der Waals surface area contributed by atoms with Crippen LogP contribution in [0.25, 0.3) is 0 Å². The molecule has 2 aliphatic rings. The van der Waals surface area contributed by atoms with Crippen LogP contribution in [-0.2, 0) is 28.5 Å². The molecule has 0 bridgehead atoms. The number of hydrogen-bond donors (Lipinski definition) is 1. The van der Waals surface area contributed by atoms with Gasteiger partial charge in [-0.15, -0.1) is 0 Å². The second kappa shape index (κ2) is 5.64. The third kappa shape index (κ3) is 3.79. The summed E-state index contributed by atoms with van der Waals surface area (Å²) in [6, 6.07) is -0.790. The Kier molecular flexibility index (Phi) is 4.39. The summed E-state index contributed by atoms with van der Waals surface area (Å²) < 4.78 is 23.0. The van der Waals surface area contributed by atoms with Gasteiger partial charge in [0.25, 0.3) is 0 Å². The first-order chi connectivity index (χ1) is 9.63. The lowest BCUT2D eigenvalue weighted by molar-refractivity contribution is -0.175. The monoisotopic (exact) mass is 301 g/mol. The van der Waals surface area contributed by atoms with Crippen LogP contribution in [-0.4, -0.2) is 54.7 Å². The van der Waals surface area contributed by atoms with Gasteiger partial charge >= 0.3 is 0 Å². The van der Waals surface area contributed by atoms with Crippen LogP contribution < -0.4 is 5.32 Å². The van der Waals surface area contributed by atoms with E-state index >= 15 is 0 Å². The smallest absolute Gasteiger partial charge is 0.217 e. The molecule has 0 aliphatic carbocycles. The Hall–Kier alpha value is -1.02. The lowest BCUT2D eigenvalue weighted by Crippen LogP contribution is -2.51. The van der Waals surface area contributed by atoms with Crippen molar-refractivity contribution in [1.29, 1.82) is 0 Å². The van der Waals surface area contributed by atoms with Gasteiger partial charge in [-0.2, -0.15) is 0 Å². The fraction of sp³-hybridized carbons (Fsp3) is 0.857. The Balaban J connectivity index is 2.16. The molecule has 1 N–H and O–H groups in total. The number of hydrogen-bond acceptors (Lipinski definition) is 6. The summed E-state index contributed by atoms with van der Waals surface area (Å²) in [6.07, 6.45) is -0.819. The fourth-order valence-corrected chi connectivity index (χ4v) is 2.69. The maximum Gasteiger partial charge on any atom is 0.217 e. The number of carbonyl (C=O) groups excluding carboxylic acids is 2. The van der Waals surface area contributed by atoms with Crippen molar-refractivity contribution in [3.63, 3.8) is 0 Å². The van der Waals surface area contributed by atoms with E-state index in [1.54, 1.807) is 13.8 Å². The summed E-state index contributed by atoms with van der Waals surface area (Å²) in [5.74, 6) is -1.86. The highest BCUT2D eigenvalue weighted by Crippen LogP contribution is 2.36. The molecule has 7 heteroatoms. The minimum absolute atomic E-state index is 0.303. The maximum atomic E-state index is 11.3. The molecule has 0 aromatic carbocycles. The molecule has 1 amide bonds. The van der Waals surface area contributed by atoms with Crippen LogP contribution in [0.15, 0.2) is 0 Å². The van der Waals surface area contributed by atoms with E-state index in [-0.39, 0.29) is 12.0 Å². The first kappa shape index (κ1) is 16.4. The maximum absolute atomic E-state index is 11.3. The Labute approximate surface area is 124 Å². The van der Waals surface area contributed by atoms with Crippen molar-refractivity contribution >= 4 is 12.2 Å². The minimum Gasteiger partial charge on any atom is -0.348 e.